The Morgan fingerprint density at radius 1 is 1.50 bits per heavy atom. The van der Waals surface area contributed by atoms with E-state index >= 15 is 0 Å². The minimum Gasteiger partial charge on any atom is -0.487 e. The summed E-state index contributed by atoms with van der Waals surface area (Å²) in [5, 5.41) is 10.7. The molecule has 0 aliphatic carbocycles. The number of rotatable bonds is 7. The molecule has 1 aromatic rings. The Kier molecular flexibility index (Phi) is 5.85. The van der Waals surface area contributed by atoms with Crippen LogP contribution in [0.25, 0.3) is 0 Å². The number of hydrogen-bond acceptors (Lipinski definition) is 3. The van der Waals surface area contributed by atoms with Crippen LogP contribution in [0.4, 0.5) is 10.1 Å². The van der Waals surface area contributed by atoms with Crippen molar-refractivity contribution in [1.82, 2.24) is 0 Å². The van der Waals surface area contributed by atoms with E-state index in [0.717, 1.165) is 31.0 Å². The molecule has 0 aliphatic heterocycles. The van der Waals surface area contributed by atoms with Gasteiger partial charge in [-0.15, -0.1) is 11.6 Å². The van der Waals surface area contributed by atoms with Crippen LogP contribution in [0.3, 0.4) is 0 Å². The van der Waals surface area contributed by atoms with Gasteiger partial charge in [0.1, 0.15) is 5.82 Å². The Bertz CT molecular complexity index is 414. The van der Waals surface area contributed by atoms with Gasteiger partial charge in [0.05, 0.1) is 11.5 Å². The summed E-state index contributed by atoms with van der Waals surface area (Å²) in [5.41, 5.74) is -0.221. The van der Waals surface area contributed by atoms with Crippen molar-refractivity contribution in [1.29, 1.82) is 0 Å². The van der Waals surface area contributed by atoms with E-state index < -0.39 is 10.7 Å². The molecule has 0 bridgehead atoms. The molecule has 6 heteroatoms. The van der Waals surface area contributed by atoms with Crippen LogP contribution in [-0.2, 0) is 0 Å². The molecular weight excluding hydrogens is 261 g/mol. The van der Waals surface area contributed by atoms with Crippen molar-refractivity contribution in [2.45, 2.75) is 19.8 Å². The van der Waals surface area contributed by atoms with E-state index in [1.54, 1.807) is 0 Å². The van der Waals surface area contributed by atoms with E-state index in [1.807, 2.05) is 6.92 Å². The summed E-state index contributed by atoms with van der Waals surface area (Å²) in [6.45, 7) is 2.33. The van der Waals surface area contributed by atoms with Crippen LogP contribution in [0.5, 0.6) is 5.75 Å². The summed E-state index contributed by atoms with van der Waals surface area (Å²) in [6.07, 6.45) is 1.58. The van der Waals surface area contributed by atoms with Crippen LogP contribution in [0, 0.1) is 21.8 Å². The largest absolute Gasteiger partial charge is 0.487 e. The molecule has 0 spiro atoms. The topological polar surface area (TPSA) is 52.4 Å². The number of alkyl halides is 1. The molecule has 18 heavy (non-hydrogen) atoms. The third-order valence-electron chi connectivity index (χ3n) is 2.59. The van der Waals surface area contributed by atoms with Crippen molar-refractivity contribution in [3.63, 3.8) is 0 Å². The molecular formula is C12H15ClFNO3. The van der Waals surface area contributed by atoms with Crippen LogP contribution in [0.15, 0.2) is 18.2 Å². The maximum atomic E-state index is 13.0. The maximum Gasteiger partial charge on any atom is 0.311 e. The lowest BCUT2D eigenvalue weighted by Crippen LogP contribution is -2.06. The van der Waals surface area contributed by atoms with Crippen molar-refractivity contribution in [2.75, 3.05) is 12.5 Å². The van der Waals surface area contributed by atoms with Gasteiger partial charge in [-0.2, -0.15) is 0 Å². The van der Waals surface area contributed by atoms with Crippen LogP contribution < -0.4 is 4.74 Å². The highest BCUT2D eigenvalue weighted by atomic mass is 35.5. The number of ether oxygens (including phenoxy) is 1. The fourth-order valence-corrected chi connectivity index (χ4v) is 1.83. The summed E-state index contributed by atoms with van der Waals surface area (Å²) >= 11 is 5.60. The van der Waals surface area contributed by atoms with Crippen molar-refractivity contribution in [2.24, 2.45) is 5.92 Å². The second-order valence-corrected chi connectivity index (χ2v) is 4.47. The molecule has 0 heterocycles. The van der Waals surface area contributed by atoms with E-state index in [0.29, 0.717) is 18.4 Å². The summed E-state index contributed by atoms with van der Waals surface area (Å²) in [6, 6.07) is 3.18. The molecule has 0 radical (unpaired) electrons. The second kappa shape index (κ2) is 7.16. The fourth-order valence-electron chi connectivity index (χ4n) is 1.46. The normalized spacial score (nSPS) is 12.2. The van der Waals surface area contributed by atoms with Gasteiger partial charge in [-0.1, -0.05) is 6.92 Å². The van der Waals surface area contributed by atoms with E-state index in [4.69, 9.17) is 16.3 Å². The van der Waals surface area contributed by atoms with Gasteiger partial charge >= 0.3 is 5.69 Å². The average molecular weight is 276 g/mol. The third kappa shape index (κ3) is 4.49. The monoisotopic (exact) mass is 275 g/mol. The number of halogens is 2. The van der Waals surface area contributed by atoms with E-state index in [9.17, 15) is 14.5 Å². The van der Waals surface area contributed by atoms with Crippen LogP contribution in [0.1, 0.15) is 19.8 Å². The molecule has 0 N–H and O–H groups in total. The van der Waals surface area contributed by atoms with Crippen molar-refractivity contribution in [3.05, 3.63) is 34.1 Å². The number of nitro benzene ring substituents is 1. The van der Waals surface area contributed by atoms with E-state index in [1.165, 1.54) is 0 Å². The van der Waals surface area contributed by atoms with Crippen molar-refractivity contribution >= 4 is 17.3 Å². The van der Waals surface area contributed by atoms with Gasteiger partial charge in [-0.25, -0.2) is 4.39 Å². The molecule has 1 rings (SSSR count). The van der Waals surface area contributed by atoms with Crippen LogP contribution in [0.2, 0.25) is 0 Å². The first-order valence-corrected chi connectivity index (χ1v) is 6.20. The molecule has 0 aliphatic rings. The quantitative estimate of drug-likeness (QED) is 0.432. The van der Waals surface area contributed by atoms with Gasteiger partial charge in [0.25, 0.3) is 0 Å². The lowest BCUT2D eigenvalue weighted by Gasteiger charge is -2.10. The average Bonchev–Trinajstić information content (AvgIpc) is 2.29. The molecule has 0 saturated heterocycles. The van der Waals surface area contributed by atoms with E-state index in [-0.39, 0.29) is 11.4 Å². The Hall–Kier alpha value is -1.36. The van der Waals surface area contributed by atoms with Gasteiger partial charge in [-0.3, -0.25) is 10.1 Å². The zero-order valence-electron chi connectivity index (χ0n) is 10.1. The summed E-state index contributed by atoms with van der Waals surface area (Å²) < 4.78 is 18.3. The number of nitrogens with zero attached hydrogens (tertiary/aromatic N) is 1. The zero-order valence-corrected chi connectivity index (χ0v) is 10.8. The highest BCUT2D eigenvalue weighted by Gasteiger charge is 2.16. The zero-order chi connectivity index (χ0) is 13.5. The maximum absolute atomic E-state index is 13.0. The first-order valence-electron chi connectivity index (χ1n) is 5.67. The Labute approximate surface area is 110 Å². The standard InChI is InChI=1S/C12H15ClFNO3/c1-9(4-6-13)5-7-18-12-8-10(14)2-3-11(12)15(16)17/h2-3,8-9H,4-7H2,1H3. The molecule has 100 valence electrons. The Morgan fingerprint density at radius 3 is 2.83 bits per heavy atom. The van der Waals surface area contributed by atoms with Crippen molar-refractivity contribution < 1.29 is 14.1 Å². The minimum atomic E-state index is -0.586. The number of hydrogen-bond donors (Lipinski definition) is 0. The van der Waals surface area contributed by atoms with Gasteiger partial charge < -0.3 is 4.74 Å². The van der Waals surface area contributed by atoms with E-state index in [2.05, 4.69) is 0 Å². The molecule has 0 fully saturated rings. The van der Waals surface area contributed by atoms with Crippen molar-refractivity contribution in [3.8, 4) is 5.75 Å². The highest BCUT2D eigenvalue weighted by Crippen LogP contribution is 2.27. The van der Waals surface area contributed by atoms with Crippen LogP contribution in [-0.4, -0.2) is 17.4 Å². The lowest BCUT2D eigenvalue weighted by molar-refractivity contribution is -0.385. The number of benzene rings is 1. The molecule has 0 amide bonds. The third-order valence-corrected chi connectivity index (χ3v) is 2.81. The summed E-state index contributed by atoms with van der Waals surface area (Å²) in [4.78, 5) is 10.1. The first kappa shape index (κ1) is 14.7. The van der Waals surface area contributed by atoms with Gasteiger partial charge in [0.15, 0.2) is 5.75 Å². The van der Waals surface area contributed by atoms with Crippen LogP contribution >= 0.6 is 11.6 Å². The SMILES string of the molecule is CC(CCCl)CCOc1cc(F)ccc1[N+](=O)[O-]. The summed E-state index contributed by atoms with van der Waals surface area (Å²) in [7, 11) is 0. The highest BCUT2D eigenvalue weighted by molar-refractivity contribution is 6.17. The Morgan fingerprint density at radius 2 is 2.22 bits per heavy atom. The first-order chi connectivity index (χ1) is 8.54. The molecule has 1 unspecified atom stereocenters. The summed E-state index contributed by atoms with van der Waals surface area (Å²) in [5.74, 6) is 0.360. The minimum absolute atomic E-state index is 0.0296. The molecule has 1 aromatic carbocycles. The smallest absolute Gasteiger partial charge is 0.311 e. The molecule has 0 aromatic heterocycles. The number of nitro groups is 1. The molecule has 0 saturated carbocycles. The lowest BCUT2D eigenvalue weighted by atomic mass is 10.1. The van der Waals surface area contributed by atoms with Gasteiger partial charge in [0, 0.05) is 18.0 Å². The molecule has 4 nitrogen and oxygen atoms in total. The van der Waals surface area contributed by atoms with Gasteiger partial charge in [0.2, 0.25) is 0 Å². The fraction of sp³-hybridized carbons (Fsp3) is 0.500. The predicted octanol–water partition coefficient (Wildman–Crippen LogP) is 3.77. The Balaban J connectivity index is 2.60. The van der Waals surface area contributed by atoms with Gasteiger partial charge in [-0.05, 0) is 24.8 Å². The second-order valence-electron chi connectivity index (χ2n) is 4.09. The predicted molar refractivity (Wildman–Crippen MR) is 67.7 cm³/mol. The molecule has 1 atom stereocenters.